The Kier molecular flexibility index (Phi) is 7.24. The number of fused-ring (bicyclic) bond motifs is 10. The van der Waals surface area contributed by atoms with Crippen LogP contribution in [-0.4, -0.2) is 0 Å². The molecule has 1 nitrogen and oxygen atoms in total. The Morgan fingerprint density at radius 3 is 1.33 bits per heavy atom. The zero-order chi connectivity index (χ0) is 39.3. The highest BCUT2D eigenvalue weighted by Crippen LogP contribution is 2.50. The topological polar surface area (TPSA) is 13.1 Å². The van der Waals surface area contributed by atoms with Crippen LogP contribution < -0.4 is 0 Å². The molecule has 0 atom stereocenters. The molecule has 2 heterocycles. The van der Waals surface area contributed by atoms with Crippen molar-refractivity contribution in [2.45, 2.75) is 0 Å². The monoisotopic (exact) mass is 778 g/mol. The van der Waals surface area contributed by atoms with Crippen molar-refractivity contribution in [1.29, 1.82) is 0 Å². The summed E-state index contributed by atoms with van der Waals surface area (Å²) < 4.78 is 8.84. The number of para-hydroxylation sites is 1. The predicted octanol–water partition coefficient (Wildman–Crippen LogP) is 17.2. The second kappa shape index (κ2) is 13.0. The summed E-state index contributed by atoms with van der Waals surface area (Å²) in [4.78, 5) is 0. The minimum atomic E-state index is 0.912. The molecule has 11 aromatic carbocycles. The Morgan fingerprint density at radius 2 is 0.733 bits per heavy atom. The first-order chi connectivity index (χ1) is 29.8. The van der Waals surface area contributed by atoms with Crippen molar-refractivity contribution in [3.8, 4) is 44.5 Å². The summed E-state index contributed by atoms with van der Waals surface area (Å²) in [5, 5.41) is 15.0. The molecule has 2 heteroatoms. The van der Waals surface area contributed by atoms with E-state index in [1.165, 1.54) is 108 Å². The lowest BCUT2D eigenvalue weighted by molar-refractivity contribution is 0.669. The molecule has 60 heavy (non-hydrogen) atoms. The van der Waals surface area contributed by atoms with Gasteiger partial charge in [-0.1, -0.05) is 176 Å². The summed E-state index contributed by atoms with van der Waals surface area (Å²) in [5.74, 6) is 0. The molecule has 0 aliphatic rings. The Morgan fingerprint density at radius 1 is 0.267 bits per heavy atom. The molecule has 0 N–H and O–H groups in total. The first-order valence-corrected chi connectivity index (χ1v) is 21.4. The molecule has 0 aliphatic heterocycles. The number of furan rings is 1. The molecule has 0 fully saturated rings. The highest BCUT2D eigenvalue weighted by atomic mass is 32.1. The van der Waals surface area contributed by atoms with Crippen molar-refractivity contribution < 1.29 is 4.42 Å². The largest absolute Gasteiger partial charge is 0.456 e. The number of thiophene rings is 1. The molecular weight excluding hydrogens is 745 g/mol. The maximum absolute atomic E-state index is 6.26. The van der Waals surface area contributed by atoms with Crippen molar-refractivity contribution >= 4 is 96.5 Å². The quantitative estimate of drug-likeness (QED) is 0.162. The van der Waals surface area contributed by atoms with Gasteiger partial charge in [0.15, 0.2) is 0 Å². The van der Waals surface area contributed by atoms with Crippen LogP contribution in [0.5, 0.6) is 0 Å². The Hall–Kier alpha value is -7.52. The molecule has 0 amide bonds. The van der Waals surface area contributed by atoms with Gasteiger partial charge < -0.3 is 4.42 Å². The number of benzene rings is 11. The maximum atomic E-state index is 6.26. The minimum Gasteiger partial charge on any atom is -0.456 e. The molecular formula is C58H34OS. The van der Waals surface area contributed by atoms with E-state index >= 15 is 0 Å². The second-order valence-electron chi connectivity index (χ2n) is 15.8. The van der Waals surface area contributed by atoms with Crippen molar-refractivity contribution in [2.75, 3.05) is 0 Å². The highest BCUT2D eigenvalue weighted by molar-refractivity contribution is 7.26. The van der Waals surface area contributed by atoms with E-state index in [0.717, 1.165) is 21.9 Å². The lowest BCUT2D eigenvalue weighted by Gasteiger charge is -2.18. The molecule has 0 radical (unpaired) electrons. The minimum absolute atomic E-state index is 0.912. The third-order valence-electron chi connectivity index (χ3n) is 12.6. The van der Waals surface area contributed by atoms with E-state index < -0.39 is 0 Å². The van der Waals surface area contributed by atoms with E-state index in [1.54, 1.807) is 0 Å². The van der Waals surface area contributed by atoms with Crippen molar-refractivity contribution in [1.82, 2.24) is 0 Å². The van der Waals surface area contributed by atoms with Gasteiger partial charge in [-0.05, 0) is 118 Å². The predicted molar refractivity (Wildman–Crippen MR) is 258 cm³/mol. The third-order valence-corrected chi connectivity index (χ3v) is 13.8. The lowest BCUT2D eigenvalue weighted by atomic mass is 9.84. The van der Waals surface area contributed by atoms with Gasteiger partial charge >= 0.3 is 0 Å². The number of hydrogen-bond acceptors (Lipinski definition) is 2. The van der Waals surface area contributed by atoms with Gasteiger partial charge in [-0.25, -0.2) is 0 Å². The fourth-order valence-corrected chi connectivity index (χ4v) is 11.3. The molecule has 0 saturated carbocycles. The van der Waals surface area contributed by atoms with E-state index in [1.807, 2.05) is 17.4 Å². The smallest absolute Gasteiger partial charge is 0.135 e. The fourth-order valence-electron chi connectivity index (χ4n) is 10.2. The van der Waals surface area contributed by atoms with Crippen LogP contribution in [0.3, 0.4) is 0 Å². The SMILES string of the molecule is c1ccc(-c2c3ccccc3c(-c3ccc4c(c3)sc3cccc(-c5c6ccccc6c(-c6ccc7oc8ccccc8c7c6)c6ccccc56)c34)c3ccccc23)cc1. The molecule has 278 valence electrons. The first kappa shape index (κ1) is 33.5. The van der Waals surface area contributed by atoms with E-state index in [2.05, 4.69) is 200 Å². The van der Waals surface area contributed by atoms with E-state index in [-0.39, 0.29) is 0 Å². The molecule has 13 rings (SSSR count). The van der Waals surface area contributed by atoms with Crippen LogP contribution in [0.15, 0.2) is 211 Å². The second-order valence-corrected chi connectivity index (χ2v) is 16.9. The van der Waals surface area contributed by atoms with Gasteiger partial charge in [0.1, 0.15) is 11.2 Å². The summed E-state index contributed by atoms with van der Waals surface area (Å²) >= 11 is 1.89. The molecule has 0 aliphatic carbocycles. The zero-order valence-corrected chi connectivity index (χ0v) is 33.3. The Bertz CT molecular complexity index is 3770. The van der Waals surface area contributed by atoms with Crippen LogP contribution in [0.1, 0.15) is 0 Å². The maximum Gasteiger partial charge on any atom is 0.135 e. The van der Waals surface area contributed by atoms with Crippen LogP contribution >= 0.6 is 11.3 Å². The van der Waals surface area contributed by atoms with Crippen molar-refractivity contribution in [3.63, 3.8) is 0 Å². The molecule has 0 bridgehead atoms. The number of hydrogen-bond donors (Lipinski definition) is 0. The van der Waals surface area contributed by atoms with Gasteiger partial charge in [-0.15, -0.1) is 11.3 Å². The summed E-state index contributed by atoms with van der Waals surface area (Å²) in [6.45, 7) is 0. The molecule has 13 aromatic rings. The summed E-state index contributed by atoms with van der Waals surface area (Å²) in [6.07, 6.45) is 0. The van der Waals surface area contributed by atoms with Crippen LogP contribution in [0.2, 0.25) is 0 Å². The first-order valence-electron chi connectivity index (χ1n) is 20.6. The van der Waals surface area contributed by atoms with E-state index in [0.29, 0.717) is 0 Å². The van der Waals surface area contributed by atoms with Gasteiger partial charge in [0.05, 0.1) is 0 Å². The van der Waals surface area contributed by atoms with Crippen molar-refractivity contribution in [2.24, 2.45) is 0 Å². The molecule has 2 aromatic heterocycles. The summed E-state index contributed by atoms with van der Waals surface area (Å²) in [6, 6.07) is 75.7. The zero-order valence-electron chi connectivity index (χ0n) is 32.4. The standard InChI is InChI=1S/C58H34OS/c1-2-15-35(16-3-1)54-39-18-4-6-20-41(39)56(42-21-7-5-19-40(42)54)37-29-31-47-53(34-37)60-52-28-14-26-48(58(47)52)57-45-24-10-8-22-43(45)55(44-23-9-11-25-46(44)57)36-30-32-51-49(33-36)38-17-12-13-27-50(38)59-51/h1-34H. The van der Waals surface area contributed by atoms with Crippen LogP contribution in [0.4, 0.5) is 0 Å². The third kappa shape index (κ3) is 4.86. The average molecular weight is 779 g/mol. The lowest BCUT2D eigenvalue weighted by Crippen LogP contribution is -1.91. The average Bonchev–Trinajstić information content (AvgIpc) is 3.88. The van der Waals surface area contributed by atoms with Crippen LogP contribution in [0, 0.1) is 0 Å². The Labute approximate surface area is 350 Å². The van der Waals surface area contributed by atoms with E-state index in [4.69, 9.17) is 4.42 Å². The number of rotatable bonds is 4. The van der Waals surface area contributed by atoms with Gasteiger partial charge in [0.25, 0.3) is 0 Å². The highest BCUT2D eigenvalue weighted by Gasteiger charge is 2.22. The van der Waals surface area contributed by atoms with Crippen LogP contribution in [0.25, 0.3) is 130 Å². The van der Waals surface area contributed by atoms with E-state index in [9.17, 15) is 0 Å². The molecule has 0 unspecified atom stereocenters. The van der Waals surface area contributed by atoms with Crippen LogP contribution in [-0.2, 0) is 0 Å². The molecule has 0 saturated heterocycles. The van der Waals surface area contributed by atoms with Gasteiger partial charge in [-0.2, -0.15) is 0 Å². The summed E-state index contributed by atoms with van der Waals surface area (Å²) in [5.41, 5.74) is 11.9. The summed E-state index contributed by atoms with van der Waals surface area (Å²) in [7, 11) is 0. The Balaban J connectivity index is 1.05. The van der Waals surface area contributed by atoms with Crippen molar-refractivity contribution in [3.05, 3.63) is 206 Å². The normalized spacial score (nSPS) is 12.0. The fraction of sp³-hybridized carbons (Fsp3) is 0. The van der Waals surface area contributed by atoms with Gasteiger partial charge in [0, 0.05) is 30.9 Å². The van der Waals surface area contributed by atoms with Gasteiger partial charge in [-0.3, -0.25) is 0 Å². The van der Waals surface area contributed by atoms with Gasteiger partial charge in [0.2, 0.25) is 0 Å². The molecule has 0 spiro atoms.